The van der Waals surface area contributed by atoms with Gasteiger partial charge in [-0.25, -0.2) is 0 Å². The number of amides is 1. The molecule has 1 atom stereocenters. The van der Waals surface area contributed by atoms with Crippen LogP contribution in [0, 0.1) is 5.92 Å². The predicted octanol–water partition coefficient (Wildman–Crippen LogP) is 6.85. The van der Waals surface area contributed by atoms with Crippen molar-refractivity contribution in [3.63, 3.8) is 0 Å². The zero-order chi connectivity index (χ0) is 17.5. The monoisotopic (exact) mass is 335 g/mol. The smallest absolute Gasteiger partial charge is 0.229 e. The van der Waals surface area contributed by atoms with Crippen LogP contribution in [-0.4, -0.2) is 17.4 Å². The highest BCUT2D eigenvalue weighted by molar-refractivity contribution is 5.81. The lowest BCUT2D eigenvalue weighted by Crippen LogP contribution is -2.21. The van der Waals surface area contributed by atoms with E-state index in [-0.39, 0.29) is 5.92 Å². The van der Waals surface area contributed by atoms with E-state index in [1.165, 1.54) is 89.9 Å². The van der Waals surface area contributed by atoms with Gasteiger partial charge in [-0.15, -0.1) is 0 Å². The maximum atomic E-state index is 12.0. The Labute approximate surface area is 151 Å². The Morgan fingerprint density at radius 2 is 1.33 bits per heavy atom. The Kier molecular flexibility index (Phi) is 12.9. The Morgan fingerprint density at radius 1 is 0.875 bits per heavy atom. The summed E-state index contributed by atoms with van der Waals surface area (Å²) in [5, 5.41) is 0. The van der Waals surface area contributed by atoms with Gasteiger partial charge in [-0.3, -0.25) is 4.79 Å². The minimum Gasteiger partial charge on any atom is -0.319 e. The van der Waals surface area contributed by atoms with Crippen LogP contribution < -0.4 is 0 Å². The number of unbranched alkanes of at least 4 members (excludes halogenated alkanes) is 13. The molecular weight excluding hydrogens is 294 g/mol. The highest BCUT2D eigenvalue weighted by Crippen LogP contribution is 2.24. The number of nitrogens with zero attached hydrogens (tertiary/aromatic N) is 1. The number of likely N-dealkylation sites (tertiary alicyclic amines) is 1. The van der Waals surface area contributed by atoms with E-state index in [2.05, 4.69) is 13.5 Å². The molecule has 0 spiro atoms. The molecular formula is C22H41NO. The average molecular weight is 336 g/mol. The topological polar surface area (TPSA) is 20.3 Å². The van der Waals surface area contributed by atoms with Gasteiger partial charge in [0, 0.05) is 12.5 Å². The largest absolute Gasteiger partial charge is 0.319 e. The van der Waals surface area contributed by atoms with Crippen LogP contribution in [0.1, 0.15) is 110 Å². The highest BCUT2D eigenvalue weighted by atomic mass is 16.2. The predicted molar refractivity (Wildman–Crippen MR) is 105 cm³/mol. The summed E-state index contributed by atoms with van der Waals surface area (Å²) < 4.78 is 0. The van der Waals surface area contributed by atoms with Gasteiger partial charge in [-0.1, -0.05) is 103 Å². The number of hydrogen-bond acceptors (Lipinski definition) is 1. The van der Waals surface area contributed by atoms with E-state index in [0.717, 1.165) is 19.4 Å². The Balaban J connectivity index is 1.78. The molecule has 24 heavy (non-hydrogen) atoms. The molecule has 1 heterocycles. The maximum Gasteiger partial charge on any atom is 0.229 e. The number of carbonyl (C=O) groups excluding carboxylic acids is 1. The van der Waals surface area contributed by atoms with E-state index in [9.17, 15) is 4.79 Å². The summed E-state index contributed by atoms with van der Waals surface area (Å²) in [6, 6.07) is 0. The molecule has 1 aliphatic rings. The third-order valence-electron chi connectivity index (χ3n) is 5.48. The van der Waals surface area contributed by atoms with Crippen molar-refractivity contribution >= 4 is 5.91 Å². The van der Waals surface area contributed by atoms with E-state index >= 15 is 0 Å². The summed E-state index contributed by atoms with van der Waals surface area (Å²) in [5.74, 6) is 0.583. The van der Waals surface area contributed by atoms with Gasteiger partial charge in [0.05, 0.1) is 0 Å². The second-order valence-corrected chi connectivity index (χ2v) is 7.58. The van der Waals surface area contributed by atoms with Gasteiger partial charge in [0.1, 0.15) is 0 Å². The average Bonchev–Trinajstić information content (AvgIpc) is 2.95. The lowest BCUT2D eigenvalue weighted by molar-refractivity contribution is -0.128. The molecule has 1 aliphatic heterocycles. The third-order valence-corrected chi connectivity index (χ3v) is 5.48. The molecule has 140 valence electrons. The van der Waals surface area contributed by atoms with Crippen molar-refractivity contribution in [1.29, 1.82) is 0 Å². The molecule has 0 bridgehead atoms. The standard InChI is InChI=1S/C22H41NO/c1-3-5-6-7-8-9-10-11-12-13-14-15-16-17-18-21-19-20-23(4-2)22(21)24/h4,21H,2-3,5-20H2,1H3. The van der Waals surface area contributed by atoms with Crippen molar-refractivity contribution in [3.8, 4) is 0 Å². The van der Waals surface area contributed by atoms with Crippen LogP contribution >= 0.6 is 0 Å². The molecule has 0 N–H and O–H groups in total. The van der Waals surface area contributed by atoms with Gasteiger partial charge < -0.3 is 4.90 Å². The zero-order valence-electron chi connectivity index (χ0n) is 16.2. The second-order valence-electron chi connectivity index (χ2n) is 7.58. The fourth-order valence-electron chi connectivity index (χ4n) is 3.80. The van der Waals surface area contributed by atoms with E-state index in [0.29, 0.717) is 5.91 Å². The van der Waals surface area contributed by atoms with Gasteiger partial charge in [-0.2, -0.15) is 0 Å². The number of hydrogen-bond donors (Lipinski definition) is 0. The fourth-order valence-corrected chi connectivity index (χ4v) is 3.80. The van der Waals surface area contributed by atoms with Crippen molar-refractivity contribution in [1.82, 2.24) is 4.90 Å². The van der Waals surface area contributed by atoms with Gasteiger partial charge >= 0.3 is 0 Å². The van der Waals surface area contributed by atoms with Crippen molar-refractivity contribution in [3.05, 3.63) is 12.8 Å². The Morgan fingerprint density at radius 3 is 1.75 bits per heavy atom. The maximum absolute atomic E-state index is 12.0. The first kappa shape index (κ1) is 21.3. The quantitative estimate of drug-likeness (QED) is 0.282. The summed E-state index contributed by atoms with van der Waals surface area (Å²) in [6.45, 7) is 6.87. The normalized spacial score (nSPS) is 17.6. The molecule has 0 aromatic heterocycles. The lowest BCUT2D eigenvalue weighted by atomic mass is 9.98. The number of carbonyl (C=O) groups is 1. The molecule has 0 saturated carbocycles. The first-order valence-corrected chi connectivity index (χ1v) is 10.7. The molecule has 0 aromatic carbocycles. The second kappa shape index (κ2) is 14.5. The summed E-state index contributed by atoms with van der Waals surface area (Å²) in [5.41, 5.74) is 0. The molecule has 0 aliphatic carbocycles. The molecule has 0 radical (unpaired) electrons. The summed E-state index contributed by atoms with van der Waals surface area (Å²) >= 11 is 0. The van der Waals surface area contributed by atoms with Crippen molar-refractivity contribution < 1.29 is 4.79 Å². The van der Waals surface area contributed by atoms with Crippen LogP contribution in [0.3, 0.4) is 0 Å². The van der Waals surface area contributed by atoms with Crippen LogP contribution in [0.4, 0.5) is 0 Å². The molecule has 1 rings (SSSR count). The van der Waals surface area contributed by atoms with Crippen LogP contribution in [0.2, 0.25) is 0 Å². The van der Waals surface area contributed by atoms with Gasteiger partial charge in [0.25, 0.3) is 0 Å². The summed E-state index contributed by atoms with van der Waals surface area (Å²) in [6.07, 6.45) is 23.3. The van der Waals surface area contributed by atoms with E-state index in [4.69, 9.17) is 0 Å². The Bertz CT molecular complexity index is 326. The molecule has 1 unspecified atom stereocenters. The van der Waals surface area contributed by atoms with Gasteiger partial charge in [0.2, 0.25) is 5.91 Å². The van der Waals surface area contributed by atoms with Gasteiger partial charge in [0.15, 0.2) is 0 Å². The molecule has 1 fully saturated rings. The van der Waals surface area contributed by atoms with Crippen LogP contribution in [0.15, 0.2) is 12.8 Å². The van der Waals surface area contributed by atoms with E-state index in [1.54, 1.807) is 11.1 Å². The van der Waals surface area contributed by atoms with E-state index < -0.39 is 0 Å². The first-order chi connectivity index (χ1) is 11.8. The van der Waals surface area contributed by atoms with Crippen LogP contribution in [0.25, 0.3) is 0 Å². The first-order valence-electron chi connectivity index (χ1n) is 10.7. The molecule has 2 heteroatoms. The van der Waals surface area contributed by atoms with Crippen molar-refractivity contribution in [2.75, 3.05) is 6.54 Å². The number of rotatable bonds is 16. The van der Waals surface area contributed by atoms with Crippen LogP contribution in [-0.2, 0) is 4.79 Å². The highest BCUT2D eigenvalue weighted by Gasteiger charge is 2.28. The minimum absolute atomic E-state index is 0.278. The van der Waals surface area contributed by atoms with Crippen LogP contribution in [0.5, 0.6) is 0 Å². The SMILES string of the molecule is C=CN1CCC(CCCCCCCCCCCCCCCC)C1=O. The van der Waals surface area contributed by atoms with Gasteiger partial charge in [-0.05, 0) is 19.0 Å². The minimum atomic E-state index is 0.278. The van der Waals surface area contributed by atoms with Crippen molar-refractivity contribution in [2.24, 2.45) is 5.92 Å². The fraction of sp³-hybridized carbons (Fsp3) is 0.864. The Hall–Kier alpha value is -0.790. The molecule has 0 aromatic rings. The third kappa shape index (κ3) is 9.49. The molecule has 1 amide bonds. The molecule has 1 saturated heterocycles. The zero-order valence-corrected chi connectivity index (χ0v) is 16.2. The lowest BCUT2D eigenvalue weighted by Gasteiger charge is -2.10. The van der Waals surface area contributed by atoms with E-state index in [1.807, 2.05) is 0 Å². The molecule has 2 nitrogen and oxygen atoms in total. The summed E-state index contributed by atoms with van der Waals surface area (Å²) in [7, 11) is 0. The van der Waals surface area contributed by atoms with Crippen molar-refractivity contribution in [2.45, 2.75) is 110 Å². The summed E-state index contributed by atoms with van der Waals surface area (Å²) in [4.78, 5) is 13.7.